The highest BCUT2D eigenvalue weighted by atomic mass is 14.1. The normalized spacial score (nSPS) is 11.8. The Kier molecular flexibility index (Phi) is 28.7. The lowest BCUT2D eigenvalue weighted by atomic mass is 9.89. The maximum absolute atomic E-state index is 3.23. The Hall–Kier alpha value is -0.700. The fraction of sp³-hybridized carbons (Fsp3) is 0.889. The zero-order valence-corrected chi connectivity index (χ0v) is 27.7. The summed E-state index contributed by atoms with van der Waals surface area (Å²) in [5, 5.41) is 0. The zero-order valence-electron chi connectivity index (χ0n) is 27.7. The van der Waals surface area contributed by atoms with Crippen molar-refractivity contribution >= 4 is 0 Å². The smallest absolute Gasteiger partial charge is 0.00936 e. The van der Waals surface area contributed by atoms with E-state index in [0.29, 0.717) is 16.2 Å². The van der Waals surface area contributed by atoms with Gasteiger partial charge in [0.25, 0.3) is 0 Å². The Morgan fingerprint density at radius 1 is 0.444 bits per heavy atom. The SMILES string of the molecule is CC/C=C\CCCCC(C)(C)C.CCCCC#CCCC(C)(C)C.CCCCCCCCC(C)(C)C. The third kappa shape index (κ3) is 50.2. The lowest BCUT2D eigenvalue weighted by molar-refractivity contribution is 0.356. The molecule has 0 aromatic heterocycles. The van der Waals surface area contributed by atoms with Gasteiger partial charge in [-0.1, -0.05) is 147 Å². The molecule has 0 saturated carbocycles. The Labute approximate surface area is 232 Å². The summed E-state index contributed by atoms with van der Waals surface area (Å²) in [5.74, 6) is 6.44. The molecule has 0 atom stereocenters. The van der Waals surface area contributed by atoms with Crippen LogP contribution in [0.15, 0.2) is 12.2 Å². The fourth-order valence-corrected chi connectivity index (χ4v) is 3.52. The van der Waals surface area contributed by atoms with E-state index in [1.54, 1.807) is 0 Å². The van der Waals surface area contributed by atoms with Gasteiger partial charge in [-0.25, -0.2) is 0 Å². The summed E-state index contributed by atoms with van der Waals surface area (Å²) in [5.41, 5.74) is 1.51. The molecular weight excluding hydrogens is 432 g/mol. The molecule has 216 valence electrons. The van der Waals surface area contributed by atoms with Gasteiger partial charge in [0.1, 0.15) is 0 Å². The van der Waals surface area contributed by atoms with E-state index in [9.17, 15) is 0 Å². The summed E-state index contributed by atoms with van der Waals surface area (Å²) in [4.78, 5) is 0. The lowest BCUT2D eigenvalue weighted by Gasteiger charge is -2.17. The predicted octanol–water partition coefficient (Wildman–Crippen LogP) is 13.3. The predicted molar refractivity (Wildman–Crippen MR) is 171 cm³/mol. The van der Waals surface area contributed by atoms with Crippen LogP contribution in [-0.4, -0.2) is 0 Å². The van der Waals surface area contributed by atoms with Crippen molar-refractivity contribution in [1.82, 2.24) is 0 Å². The molecule has 0 fully saturated rings. The highest BCUT2D eigenvalue weighted by Gasteiger charge is 2.09. The molecule has 36 heavy (non-hydrogen) atoms. The molecule has 0 unspecified atom stereocenters. The topological polar surface area (TPSA) is 0 Å². The van der Waals surface area contributed by atoms with E-state index in [1.165, 1.54) is 96.3 Å². The first kappa shape index (κ1) is 39.8. The third-order valence-electron chi connectivity index (χ3n) is 6.01. The van der Waals surface area contributed by atoms with E-state index in [2.05, 4.69) is 107 Å². The van der Waals surface area contributed by atoms with Crippen molar-refractivity contribution in [3.63, 3.8) is 0 Å². The summed E-state index contributed by atoms with van der Waals surface area (Å²) >= 11 is 0. The van der Waals surface area contributed by atoms with Gasteiger partial charge in [0, 0.05) is 12.8 Å². The first-order valence-corrected chi connectivity index (χ1v) is 15.8. The maximum atomic E-state index is 3.23. The highest BCUT2D eigenvalue weighted by Crippen LogP contribution is 2.23. The van der Waals surface area contributed by atoms with Gasteiger partial charge in [-0.3, -0.25) is 0 Å². The number of hydrogen-bond donors (Lipinski definition) is 0. The van der Waals surface area contributed by atoms with E-state index in [1.807, 2.05) is 0 Å². The second-order valence-electron chi connectivity index (χ2n) is 14.3. The molecule has 0 rings (SSSR count). The molecule has 0 saturated heterocycles. The molecule has 0 heteroatoms. The summed E-state index contributed by atoms with van der Waals surface area (Å²) in [7, 11) is 0. The first-order valence-electron chi connectivity index (χ1n) is 15.8. The first-order chi connectivity index (χ1) is 16.7. The fourth-order valence-electron chi connectivity index (χ4n) is 3.52. The van der Waals surface area contributed by atoms with Gasteiger partial charge in [-0.15, -0.1) is 11.8 Å². The third-order valence-corrected chi connectivity index (χ3v) is 6.01. The van der Waals surface area contributed by atoms with Crippen LogP contribution in [0.5, 0.6) is 0 Å². The number of unbranched alkanes of at least 4 members (excludes halogenated alkanes) is 9. The van der Waals surface area contributed by atoms with Crippen molar-refractivity contribution in [1.29, 1.82) is 0 Å². The van der Waals surface area contributed by atoms with Crippen LogP contribution in [0, 0.1) is 28.1 Å². The van der Waals surface area contributed by atoms with E-state index in [-0.39, 0.29) is 0 Å². The molecule has 0 aliphatic rings. The van der Waals surface area contributed by atoms with Crippen molar-refractivity contribution in [3.05, 3.63) is 12.2 Å². The average Bonchev–Trinajstić information content (AvgIpc) is 2.74. The van der Waals surface area contributed by atoms with Crippen molar-refractivity contribution in [3.8, 4) is 11.8 Å². The molecule has 0 heterocycles. The minimum Gasteiger partial charge on any atom is -0.103 e. The number of hydrogen-bond acceptors (Lipinski definition) is 0. The largest absolute Gasteiger partial charge is 0.103 e. The quantitative estimate of drug-likeness (QED) is 0.125. The second-order valence-corrected chi connectivity index (χ2v) is 14.3. The van der Waals surface area contributed by atoms with Gasteiger partial charge in [0.2, 0.25) is 0 Å². The Bertz CT molecular complexity index is 503. The molecule has 0 amide bonds. The van der Waals surface area contributed by atoms with Crippen LogP contribution < -0.4 is 0 Å². The van der Waals surface area contributed by atoms with E-state index < -0.39 is 0 Å². The minimum atomic E-state index is 0.444. The minimum absolute atomic E-state index is 0.444. The van der Waals surface area contributed by atoms with Gasteiger partial charge in [-0.05, 0) is 61.2 Å². The van der Waals surface area contributed by atoms with Crippen molar-refractivity contribution < 1.29 is 0 Å². The number of rotatable bonds is 14. The van der Waals surface area contributed by atoms with Gasteiger partial charge in [-0.2, -0.15) is 0 Å². The monoisotopic (exact) mass is 505 g/mol. The van der Waals surface area contributed by atoms with Crippen molar-refractivity contribution in [2.75, 3.05) is 0 Å². The van der Waals surface area contributed by atoms with Gasteiger partial charge in [0.05, 0.1) is 0 Å². The number of allylic oxidation sites excluding steroid dienone is 2. The molecule has 0 N–H and O–H groups in total. The molecule has 0 nitrogen and oxygen atoms in total. The van der Waals surface area contributed by atoms with Crippen LogP contribution in [0.1, 0.15) is 192 Å². The van der Waals surface area contributed by atoms with E-state index in [0.717, 1.165) is 12.8 Å². The molecule has 0 bridgehead atoms. The van der Waals surface area contributed by atoms with Crippen LogP contribution in [-0.2, 0) is 0 Å². The average molecular weight is 505 g/mol. The van der Waals surface area contributed by atoms with Crippen LogP contribution >= 0.6 is 0 Å². The van der Waals surface area contributed by atoms with Crippen LogP contribution in [0.4, 0.5) is 0 Å². The molecule has 0 radical (unpaired) electrons. The summed E-state index contributed by atoms with van der Waals surface area (Å²) < 4.78 is 0. The van der Waals surface area contributed by atoms with E-state index in [4.69, 9.17) is 0 Å². The second kappa shape index (κ2) is 25.9. The van der Waals surface area contributed by atoms with Crippen LogP contribution in [0.2, 0.25) is 0 Å². The van der Waals surface area contributed by atoms with Crippen molar-refractivity contribution in [2.45, 2.75) is 192 Å². The van der Waals surface area contributed by atoms with Crippen molar-refractivity contribution in [2.24, 2.45) is 16.2 Å². The highest BCUT2D eigenvalue weighted by molar-refractivity contribution is 4.99. The van der Waals surface area contributed by atoms with Crippen LogP contribution in [0.3, 0.4) is 0 Å². The summed E-state index contributed by atoms with van der Waals surface area (Å²) in [6, 6.07) is 0. The molecule has 0 aromatic carbocycles. The standard InChI is InChI=1S/C12H26.C12H24.C12H22/c3*1-5-6-7-8-9-10-11-12(2,3)4/h5-11H2,1-4H3;6-7H,5,8-11H2,1-4H3;5-7,10-11H2,1-4H3/b;7-6-;. The maximum Gasteiger partial charge on any atom is 0.00936 e. The Morgan fingerprint density at radius 3 is 1.36 bits per heavy atom. The summed E-state index contributed by atoms with van der Waals surface area (Å²) in [6.07, 6.45) is 26.9. The van der Waals surface area contributed by atoms with Gasteiger partial charge < -0.3 is 0 Å². The zero-order chi connectivity index (χ0) is 28.3. The summed E-state index contributed by atoms with van der Waals surface area (Å²) in [6.45, 7) is 27.4. The van der Waals surface area contributed by atoms with Gasteiger partial charge >= 0.3 is 0 Å². The lowest BCUT2D eigenvalue weighted by Crippen LogP contribution is -2.03. The molecular formula is C36H72. The van der Waals surface area contributed by atoms with Crippen LogP contribution in [0.25, 0.3) is 0 Å². The Balaban J connectivity index is -0.000000454. The molecule has 0 aromatic rings. The molecule has 0 spiro atoms. The van der Waals surface area contributed by atoms with Gasteiger partial charge in [0.15, 0.2) is 0 Å². The van der Waals surface area contributed by atoms with E-state index >= 15 is 0 Å². The molecule has 0 aliphatic heterocycles. The molecule has 0 aliphatic carbocycles. The Morgan fingerprint density at radius 2 is 0.889 bits per heavy atom.